The van der Waals surface area contributed by atoms with Gasteiger partial charge in [-0.25, -0.2) is 13.2 Å². The lowest BCUT2D eigenvalue weighted by atomic mass is 9.89. The zero-order chi connectivity index (χ0) is 22.8. The van der Waals surface area contributed by atoms with Gasteiger partial charge in [-0.3, -0.25) is 4.79 Å². The fourth-order valence-corrected chi connectivity index (χ4v) is 4.17. The van der Waals surface area contributed by atoms with Crippen LogP contribution in [0.25, 0.3) is 0 Å². The number of aromatic nitrogens is 1. The Kier molecular flexibility index (Phi) is 6.32. The highest BCUT2D eigenvalue weighted by atomic mass is 32.1. The molecule has 0 spiro atoms. The SMILES string of the molecule is Cc1c(Nc2ccc(F)cc2F)c(C(=O)N2CCC(c3ccc(F)cc3)CC2)c[nH]c1=S. The van der Waals surface area contributed by atoms with Gasteiger partial charge in [0, 0.05) is 30.9 Å². The summed E-state index contributed by atoms with van der Waals surface area (Å²) in [6.07, 6.45) is 3.04. The zero-order valence-corrected chi connectivity index (χ0v) is 18.2. The molecule has 8 heteroatoms. The van der Waals surface area contributed by atoms with Crippen molar-refractivity contribution in [3.05, 3.63) is 87.4 Å². The number of piperidine rings is 1. The fraction of sp³-hybridized carbons (Fsp3) is 0.250. The van der Waals surface area contributed by atoms with E-state index in [1.165, 1.54) is 24.4 Å². The Balaban J connectivity index is 1.55. The van der Waals surface area contributed by atoms with Crippen LogP contribution < -0.4 is 5.32 Å². The first-order valence-corrected chi connectivity index (χ1v) is 10.7. The minimum atomic E-state index is -0.762. The van der Waals surface area contributed by atoms with Gasteiger partial charge in [0.05, 0.1) is 16.9 Å². The number of hydrogen-bond donors (Lipinski definition) is 2. The largest absolute Gasteiger partial charge is 0.352 e. The van der Waals surface area contributed by atoms with Crippen molar-refractivity contribution >= 4 is 29.5 Å². The standard InChI is InChI=1S/C24H22F3N3OS/c1-14-22(29-21-7-6-18(26)12-20(21)27)19(13-28-23(14)32)24(31)30-10-8-16(9-11-30)15-2-4-17(25)5-3-15/h2-7,12-13,16H,8-11H2,1H3,(H2,28,29,32). The zero-order valence-electron chi connectivity index (χ0n) is 17.4. The number of aromatic amines is 1. The average Bonchev–Trinajstić information content (AvgIpc) is 2.79. The molecule has 0 radical (unpaired) electrons. The maximum absolute atomic E-state index is 14.2. The first-order valence-electron chi connectivity index (χ1n) is 10.3. The van der Waals surface area contributed by atoms with Crippen LogP contribution in [0.4, 0.5) is 24.5 Å². The molecule has 1 amide bonds. The number of amides is 1. The molecule has 1 aliphatic heterocycles. The van der Waals surface area contributed by atoms with Crippen LogP contribution in [0.3, 0.4) is 0 Å². The average molecular weight is 458 g/mol. The molecule has 3 aromatic rings. The van der Waals surface area contributed by atoms with Crippen molar-refractivity contribution in [2.45, 2.75) is 25.7 Å². The molecular weight excluding hydrogens is 435 g/mol. The summed E-state index contributed by atoms with van der Waals surface area (Å²) in [6.45, 7) is 2.82. The van der Waals surface area contributed by atoms with Crippen molar-refractivity contribution in [3.63, 3.8) is 0 Å². The van der Waals surface area contributed by atoms with Crippen molar-refractivity contribution in [1.29, 1.82) is 0 Å². The van der Waals surface area contributed by atoms with E-state index in [9.17, 15) is 18.0 Å². The number of nitrogens with one attached hydrogen (secondary N) is 2. The molecule has 0 atom stereocenters. The molecule has 166 valence electrons. The number of likely N-dealkylation sites (tertiary alicyclic amines) is 1. The quantitative estimate of drug-likeness (QED) is 0.457. The van der Waals surface area contributed by atoms with E-state index < -0.39 is 11.6 Å². The van der Waals surface area contributed by atoms with E-state index in [4.69, 9.17) is 12.2 Å². The van der Waals surface area contributed by atoms with Crippen LogP contribution in [0.1, 0.15) is 40.2 Å². The molecule has 0 aliphatic carbocycles. The van der Waals surface area contributed by atoms with Crippen LogP contribution in [0.2, 0.25) is 0 Å². The molecule has 4 rings (SSSR count). The van der Waals surface area contributed by atoms with Crippen molar-refractivity contribution in [1.82, 2.24) is 9.88 Å². The smallest absolute Gasteiger partial charge is 0.257 e. The van der Waals surface area contributed by atoms with Gasteiger partial charge in [-0.15, -0.1) is 0 Å². The number of nitrogens with zero attached hydrogens (tertiary/aromatic N) is 1. The van der Waals surface area contributed by atoms with Gasteiger partial charge in [0.1, 0.15) is 22.1 Å². The second kappa shape index (κ2) is 9.16. The van der Waals surface area contributed by atoms with Crippen molar-refractivity contribution in [2.24, 2.45) is 0 Å². The van der Waals surface area contributed by atoms with E-state index in [-0.39, 0.29) is 23.3 Å². The first-order chi connectivity index (χ1) is 15.3. The van der Waals surface area contributed by atoms with Crippen LogP contribution in [0.15, 0.2) is 48.7 Å². The summed E-state index contributed by atoms with van der Waals surface area (Å²) in [5.41, 5.74) is 2.44. The molecule has 1 aromatic heterocycles. The van der Waals surface area contributed by atoms with E-state index in [2.05, 4.69) is 10.3 Å². The monoisotopic (exact) mass is 457 g/mol. The number of benzene rings is 2. The molecule has 4 nitrogen and oxygen atoms in total. The predicted octanol–water partition coefficient (Wildman–Crippen LogP) is 6.23. The van der Waals surface area contributed by atoms with E-state index >= 15 is 0 Å². The lowest BCUT2D eigenvalue weighted by Crippen LogP contribution is -2.38. The van der Waals surface area contributed by atoms with Crippen LogP contribution >= 0.6 is 12.2 Å². The summed E-state index contributed by atoms with van der Waals surface area (Å²) < 4.78 is 41.1. The van der Waals surface area contributed by atoms with Crippen LogP contribution in [-0.2, 0) is 0 Å². The molecule has 2 heterocycles. The van der Waals surface area contributed by atoms with Gasteiger partial charge in [-0.2, -0.15) is 0 Å². The Labute approximate surface area is 189 Å². The fourth-order valence-electron chi connectivity index (χ4n) is 4.01. The van der Waals surface area contributed by atoms with Crippen molar-refractivity contribution in [2.75, 3.05) is 18.4 Å². The number of halogens is 3. The third-order valence-electron chi connectivity index (χ3n) is 5.88. The Bertz CT molecular complexity index is 1200. The van der Waals surface area contributed by atoms with Crippen LogP contribution in [0.5, 0.6) is 0 Å². The number of carbonyl (C=O) groups is 1. The topological polar surface area (TPSA) is 48.1 Å². The number of H-pyrrole nitrogens is 1. The summed E-state index contributed by atoms with van der Waals surface area (Å²) in [7, 11) is 0. The first kappa shape index (κ1) is 22.1. The number of anilines is 2. The van der Waals surface area contributed by atoms with E-state index in [1.807, 2.05) is 0 Å². The lowest BCUT2D eigenvalue weighted by Gasteiger charge is -2.33. The van der Waals surface area contributed by atoms with Crippen LogP contribution in [-0.4, -0.2) is 28.9 Å². The molecule has 0 bridgehead atoms. The van der Waals surface area contributed by atoms with Gasteiger partial charge < -0.3 is 15.2 Å². The Morgan fingerprint density at radius 2 is 1.72 bits per heavy atom. The molecule has 2 aromatic carbocycles. The molecule has 32 heavy (non-hydrogen) atoms. The second-order valence-electron chi connectivity index (χ2n) is 7.90. The van der Waals surface area contributed by atoms with Gasteiger partial charge in [-0.1, -0.05) is 24.4 Å². The Morgan fingerprint density at radius 1 is 1.06 bits per heavy atom. The van der Waals surface area contributed by atoms with E-state index in [0.717, 1.165) is 30.5 Å². The molecule has 0 saturated carbocycles. The molecule has 0 unspecified atom stereocenters. The normalized spacial score (nSPS) is 14.4. The van der Waals surface area contributed by atoms with E-state index in [0.29, 0.717) is 34.5 Å². The van der Waals surface area contributed by atoms with Gasteiger partial charge in [0.15, 0.2) is 0 Å². The molecule has 1 saturated heterocycles. The summed E-state index contributed by atoms with van der Waals surface area (Å²) in [6, 6.07) is 9.69. The second-order valence-corrected chi connectivity index (χ2v) is 8.31. The number of hydrogen-bond acceptors (Lipinski definition) is 3. The van der Waals surface area contributed by atoms with Gasteiger partial charge >= 0.3 is 0 Å². The van der Waals surface area contributed by atoms with Gasteiger partial charge in [0.2, 0.25) is 0 Å². The molecule has 2 N–H and O–H groups in total. The van der Waals surface area contributed by atoms with Gasteiger partial charge in [-0.05, 0) is 55.5 Å². The molecule has 1 aliphatic rings. The van der Waals surface area contributed by atoms with Crippen molar-refractivity contribution in [3.8, 4) is 0 Å². The molecular formula is C24H22F3N3OS. The maximum Gasteiger partial charge on any atom is 0.257 e. The number of pyridine rings is 1. The number of carbonyl (C=O) groups excluding carboxylic acids is 1. The Morgan fingerprint density at radius 3 is 2.38 bits per heavy atom. The third kappa shape index (κ3) is 4.55. The third-order valence-corrected chi connectivity index (χ3v) is 6.30. The Hall–Kier alpha value is -3.13. The number of rotatable bonds is 4. The highest BCUT2D eigenvalue weighted by Gasteiger charge is 2.27. The van der Waals surface area contributed by atoms with Crippen molar-refractivity contribution < 1.29 is 18.0 Å². The minimum Gasteiger partial charge on any atom is -0.352 e. The summed E-state index contributed by atoms with van der Waals surface area (Å²) in [5.74, 6) is -1.66. The summed E-state index contributed by atoms with van der Waals surface area (Å²) >= 11 is 5.29. The highest BCUT2D eigenvalue weighted by Crippen LogP contribution is 2.31. The highest BCUT2D eigenvalue weighted by molar-refractivity contribution is 7.71. The van der Waals surface area contributed by atoms with E-state index in [1.54, 1.807) is 24.0 Å². The summed E-state index contributed by atoms with van der Waals surface area (Å²) in [5, 5.41) is 2.93. The van der Waals surface area contributed by atoms with Crippen LogP contribution in [0, 0.1) is 29.0 Å². The maximum atomic E-state index is 14.2. The minimum absolute atomic E-state index is 0.0548. The predicted molar refractivity (Wildman–Crippen MR) is 120 cm³/mol. The molecule has 1 fully saturated rings. The summed E-state index contributed by atoms with van der Waals surface area (Å²) in [4.78, 5) is 18.0. The van der Waals surface area contributed by atoms with Gasteiger partial charge in [0.25, 0.3) is 5.91 Å². The lowest BCUT2D eigenvalue weighted by molar-refractivity contribution is 0.0713.